The average Bonchev–Trinajstić information content (AvgIpc) is 2.19. The van der Waals surface area contributed by atoms with Crippen molar-refractivity contribution in [2.75, 3.05) is 6.26 Å². The molecule has 2 rings (SSSR count). The van der Waals surface area contributed by atoms with Crippen molar-refractivity contribution in [3.63, 3.8) is 0 Å². The molecule has 0 amide bonds. The van der Waals surface area contributed by atoms with Gasteiger partial charge in [0.05, 0.1) is 0 Å². The molecule has 1 aliphatic carbocycles. The van der Waals surface area contributed by atoms with Crippen LogP contribution >= 0.6 is 11.8 Å². The first-order valence-corrected chi connectivity index (χ1v) is 6.14. The summed E-state index contributed by atoms with van der Waals surface area (Å²) in [6, 6.07) is 8.87. The van der Waals surface area contributed by atoms with Crippen LogP contribution in [0.15, 0.2) is 24.3 Å². The third-order valence-electron chi connectivity index (χ3n) is 2.72. The zero-order valence-electron chi connectivity index (χ0n) is 7.99. The molecule has 0 spiro atoms. The van der Waals surface area contributed by atoms with Crippen LogP contribution in [0.2, 0.25) is 0 Å². The fourth-order valence-electron chi connectivity index (χ4n) is 2.10. The number of thioether (sulfide) groups is 1. The summed E-state index contributed by atoms with van der Waals surface area (Å²) in [4.78, 5) is 0. The van der Waals surface area contributed by atoms with E-state index in [-0.39, 0.29) is 0 Å². The summed E-state index contributed by atoms with van der Waals surface area (Å²) in [5, 5.41) is 0. The number of hydrogen-bond acceptors (Lipinski definition) is 1. The Balaban J connectivity index is 2.26. The zero-order chi connectivity index (χ0) is 9.10. The Kier molecular flexibility index (Phi) is 2.94. The van der Waals surface area contributed by atoms with E-state index in [1.165, 1.54) is 19.3 Å². The highest BCUT2D eigenvalue weighted by atomic mass is 32.2. The molecule has 0 saturated heterocycles. The first-order chi connectivity index (χ1) is 6.42. The summed E-state index contributed by atoms with van der Waals surface area (Å²) in [5.74, 6) is 3.07. The maximum Gasteiger partial charge on any atom is 0.0238 e. The van der Waals surface area contributed by atoms with Gasteiger partial charge >= 0.3 is 0 Å². The van der Waals surface area contributed by atoms with Crippen LogP contribution in [0.25, 0.3) is 0 Å². The van der Waals surface area contributed by atoms with Gasteiger partial charge in [-0.1, -0.05) is 24.3 Å². The van der Waals surface area contributed by atoms with Gasteiger partial charge in [0.2, 0.25) is 0 Å². The van der Waals surface area contributed by atoms with Crippen molar-refractivity contribution in [1.82, 2.24) is 0 Å². The van der Waals surface area contributed by atoms with Crippen LogP contribution in [0.4, 0.5) is 0 Å². The quantitative estimate of drug-likeness (QED) is 0.688. The van der Waals surface area contributed by atoms with Crippen molar-refractivity contribution in [3.05, 3.63) is 41.1 Å². The molecule has 0 bridgehead atoms. The summed E-state index contributed by atoms with van der Waals surface area (Å²) >= 11 is 1.85. The zero-order valence-corrected chi connectivity index (χ0v) is 8.81. The first kappa shape index (κ1) is 9.14. The van der Waals surface area contributed by atoms with Crippen LogP contribution in [-0.4, -0.2) is 6.26 Å². The van der Waals surface area contributed by atoms with E-state index in [0.717, 1.165) is 0 Å². The SMILES string of the molecule is CS[CH]C1CCCc2ccccc21. The van der Waals surface area contributed by atoms with Crippen LogP contribution in [-0.2, 0) is 6.42 Å². The second-order valence-electron chi connectivity index (χ2n) is 3.57. The van der Waals surface area contributed by atoms with E-state index in [2.05, 4.69) is 36.3 Å². The molecule has 1 heteroatoms. The van der Waals surface area contributed by atoms with Gasteiger partial charge in [0.15, 0.2) is 0 Å². The normalized spacial score (nSPS) is 21.2. The van der Waals surface area contributed by atoms with Crippen molar-refractivity contribution in [1.29, 1.82) is 0 Å². The molecule has 69 valence electrons. The lowest BCUT2D eigenvalue weighted by atomic mass is 9.84. The average molecular weight is 191 g/mol. The maximum atomic E-state index is 2.37. The predicted molar refractivity (Wildman–Crippen MR) is 59.9 cm³/mol. The maximum absolute atomic E-state index is 2.37. The third kappa shape index (κ3) is 1.91. The second-order valence-corrected chi connectivity index (χ2v) is 4.31. The van der Waals surface area contributed by atoms with Crippen LogP contribution in [0.5, 0.6) is 0 Å². The van der Waals surface area contributed by atoms with Crippen molar-refractivity contribution < 1.29 is 0 Å². The van der Waals surface area contributed by atoms with Gasteiger partial charge in [-0.15, -0.1) is 0 Å². The molecule has 0 heterocycles. The Morgan fingerprint density at radius 1 is 1.38 bits per heavy atom. The molecular formula is C12H15S. The fraction of sp³-hybridized carbons (Fsp3) is 0.417. The Morgan fingerprint density at radius 2 is 2.23 bits per heavy atom. The number of fused-ring (bicyclic) bond motifs is 1. The van der Waals surface area contributed by atoms with E-state index < -0.39 is 0 Å². The lowest BCUT2D eigenvalue weighted by Crippen LogP contribution is -2.08. The fourth-order valence-corrected chi connectivity index (χ4v) is 2.71. The molecule has 1 aromatic rings. The van der Waals surface area contributed by atoms with Gasteiger partial charge in [-0.3, -0.25) is 0 Å². The molecule has 1 unspecified atom stereocenters. The molecule has 1 atom stereocenters. The predicted octanol–water partition coefficient (Wildman–Crippen LogP) is 3.63. The summed E-state index contributed by atoms with van der Waals surface area (Å²) in [7, 11) is 0. The van der Waals surface area contributed by atoms with Crippen LogP contribution in [0.3, 0.4) is 0 Å². The highest BCUT2D eigenvalue weighted by Gasteiger charge is 2.18. The minimum atomic E-state index is 0.694. The standard InChI is InChI=1S/C12H15S/c1-13-9-11-7-4-6-10-5-2-3-8-12(10)11/h2-3,5,8-9,11H,4,6-7H2,1H3. The number of aryl methyl sites for hydroxylation is 1. The molecule has 0 fully saturated rings. The van der Waals surface area contributed by atoms with Gasteiger partial charge < -0.3 is 0 Å². The monoisotopic (exact) mass is 191 g/mol. The molecule has 0 N–H and O–H groups in total. The second kappa shape index (κ2) is 4.19. The van der Waals surface area contributed by atoms with Gasteiger partial charge in [-0.05, 0) is 42.6 Å². The van der Waals surface area contributed by atoms with Crippen LogP contribution in [0.1, 0.15) is 29.9 Å². The van der Waals surface area contributed by atoms with Crippen LogP contribution < -0.4 is 0 Å². The summed E-state index contributed by atoms with van der Waals surface area (Å²) in [5.41, 5.74) is 3.12. The Hall–Kier alpha value is -0.430. The molecule has 1 radical (unpaired) electrons. The molecule has 0 nitrogen and oxygen atoms in total. The van der Waals surface area contributed by atoms with Crippen molar-refractivity contribution >= 4 is 11.8 Å². The molecule has 13 heavy (non-hydrogen) atoms. The smallest absolute Gasteiger partial charge is 0.0238 e. The van der Waals surface area contributed by atoms with E-state index >= 15 is 0 Å². The van der Waals surface area contributed by atoms with Gasteiger partial charge in [-0.25, -0.2) is 0 Å². The largest absolute Gasteiger partial charge is 0.160 e. The van der Waals surface area contributed by atoms with E-state index in [1.807, 2.05) is 11.8 Å². The minimum absolute atomic E-state index is 0.694. The molecule has 1 aromatic carbocycles. The third-order valence-corrected chi connectivity index (χ3v) is 3.32. The van der Waals surface area contributed by atoms with E-state index in [1.54, 1.807) is 11.1 Å². The summed E-state index contributed by atoms with van der Waals surface area (Å²) in [6.45, 7) is 0. The Labute approximate surface area is 84.7 Å². The van der Waals surface area contributed by atoms with E-state index in [9.17, 15) is 0 Å². The lowest BCUT2D eigenvalue weighted by molar-refractivity contribution is 0.621. The minimum Gasteiger partial charge on any atom is -0.160 e. The Bertz CT molecular complexity index is 280. The van der Waals surface area contributed by atoms with E-state index in [0.29, 0.717) is 5.92 Å². The lowest BCUT2D eigenvalue weighted by Gasteiger charge is -2.24. The van der Waals surface area contributed by atoms with Crippen molar-refractivity contribution in [2.24, 2.45) is 0 Å². The summed E-state index contributed by atoms with van der Waals surface area (Å²) < 4.78 is 0. The molecule has 0 aliphatic heterocycles. The van der Waals surface area contributed by atoms with Gasteiger partial charge in [0.25, 0.3) is 0 Å². The Morgan fingerprint density at radius 3 is 3.08 bits per heavy atom. The van der Waals surface area contributed by atoms with Crippen LogP contribution in [0, 0.1) is 5.75 Å². The molecular weight excluding hydrogens is 176 g/mol. The van der Waals surface area contributed by atoms with Crippen molar-refractivity contribution in [3.8, 4) is 0 Å². The first-order valence-electron chi connectivity index (χ1n) is 4.86. The van der Waals surface area contributed by atoms with Gasteiger partial charge in [-0.2, -0.15) is 11.8 Å². The summed E-state index contributed by atoms with van der Waals surface area (Å²) in [6.07, 6.45) is 6.10. The highest BCUT2D eigenvalue weighted by molar-refractivity contribution is 8.00. The molecule has 0 saturated carbocycles. The van der Waals surface area contributed by atoms with Gasteiger partial charge in [0.1, 0.15) is 0 Å². The van der Waals surface area contributed by atoms with Gasteiger partial charge in [0, 0.05) is 5.75 Å². The van der Waals surface area contributed by atoms with E-state index in [4.69, 9.17) is 0 Å². The molecule has 0 aromatic heterocycles. The number of rotatable bonds is 2. The topological polar surface area (TPSA) is 0 Å². The number of hydrogen-bond donors (Lipinski definition) is 0. The molecule has 1 aliphatic rings. The number of benzene rings is 1. The highest BCUT2D eigenvalue weighted by Crippen LogP contribution is 2.35. The van der Waals surface area contributed by atoms with Crippen molar-refractivity contribution in [2.45, 2.75) is 25.2 Å².